The van der Waals surface area contributed by atoms with E-state index in [1.165, 1.54) is 45.0 Å². The fourth-order valence-electron chi connectivity index (χ4n) is 3.94. The SMILES string of the molecule is CC(=O)c1ccccc1-c1ccc([C@H](NC(=O)[C@H](CC(C)(C)F)NC2(C#N)CC2)C(F)(F)F)cc1. The summed E-state index contributed by atoms with van der Waals surface area (Å²) in [7, 11) is 0. The van der Waals surface area contributed by atoms with Gasteiger partial charge >= 0.3 is 6.18 Å². The van der Waals surface area contributed by atoms with E-state index in [1.54, 1.807) is 24.3 Å². The van der Waals surface area contributed by atoms with E-state index in [9.17, 15) is 32.4 Å². The van der Waals surface area contributed by atoms with Crippen molar-refractivity contribution in [2.24, 2.45) is 0 Å². The third-order valence-electron chi connectivity index (χ3n) is 5.90. The second-order valence-corrected chi connectivity index (χ2v) is 9.52. The van der Waals surface area contributed by atoms with Crippen LogP contribution in [-0.2, 0) is 4.79 Å². The van der Waals surface area contributed by atoms with Crippen molar-refractivity contribution >= 4 is 11.7 Å². The predicted molar refractivity (Wildman–Crippen MR) is 123 cm³/mol. The molecule has 3 rings (SSSR count). The normalized spacial score (nSPS) is 16.6. The molecule has 1 aliphatic carbocycles. The van der Waals surface area contributed by atoms with Crippen LogP contribution in [0.5, 0.6) is 0 Å². The maximum atomic E-state index is 14.3. The van der Waals surface area contributed by atoms with E-state index in [0.717, 1.165) is 0 Å². The Bertz CT molecular complexity index is 1130. The van der Waals surface area contributed by atoms with E-state index in [1.807, 2.05) is 11.4 Å². The van der Waals surface area contributed by atoms with Crippen molar-refractivity contribution in [1.29, 1.82) is 5.26 Å². The van der Waals surface area contributed by atoms with Crippen molar-refractivity contribution < 1.29 is 27.2 Å². The van der Waals surface area contributed by atoms with Gasteiger partial charge in [0.05, 0.1) is 12.1 Å². The fourth-order valence-corrected chi connectivity index (χ4v) is 3.94. The zero-order valence-electron chi connectivity index (χ0n) is 19.7. The van der Waals surface area contributed by atoms with Crippen molar-refractivity contribution in [3.8, 4) is 17.2 Å². The number of nitrogens with one attached hydrogen (secondary N) is 2. The van der Waals surface area contributed by atoms with Crippen LogP contribution in [0.2, 0.25) is 0 Å². The van der Waals surface area contributed by atoms with Crippen LogP contribution in [0.1, 0.15) is 62.0 Å². The van der Waals surface area contributed by atoms with Crippen molar-refractivity contribution in [2.45, 2.75) is 69.5 Å². The van der Waals surface area contributed by atoms with E-state index < -0.39 is 41.8 Å². The van der Waals surface area contributed by atoms with Gasteiger partial charge in [-0.2, -0.15) is 18.4 Å². The van der Waals surface area contributed by atoms with Crippen molar-refractivity contribution in [1.82, 2.24) is 10.6 Å². The van der Waals surface area contributed by atoms with Crippen molar-refractivity contribution in [2.75, 3.05) is 0 Å². The second-order valence-electron chi connectivity index (χ2n) is 9.52. The molecule has 0 heterocycles. The predicted octanol–water partition coefficient (Wildman–Crippen LogP) is 5.43. The molecule has 2 atom stereocenters. The van der Waals surface area contributed by atoms with Crippen LogP contribution >= 0.6 is 0 Å². The molecule has 0 saturated heterocycles. The molecule has 0 spiro atoms. The largest absolute Gasteiger partial charge is 0.412 e. The Hall–Kier alpha value is -3.25. The maximum absolute atomic E-state index is 14.3. The summed E-state index contributed by atoms with van der Waals surface area (Å²) >= 11 is 0. The van der Waals surface area contributed by atoms with Gasteiger partial charge < -0.3 is 5.32 Å². The van der Waals surface area contributed by atoms with Gasteiger partial charge in [-0.05, 0) is 50.3 Å². The molecule has 186 valence electrons. The molecule has 35 heavy (non-hydrogen) atoms. The van der Waals surface area contributed by atoms with Gasteiger partial charge in [0.25, 0.3) is 0 Å². The van der Waals surface area contributed by atoms with E-state index in [0.29, 0.717) is 29.5 Å². The molecule has 5 nitrogen and oxygen atoms in total. The van der Waals surface area contributed by atoms with Gasteiger partial charge in [-0.15, -0.1) is 0 Å². The van der Waals surface area contributed by atoms with Crippen molar-refractivity contribution in [3.63, 3.8) is 0 Å². The molecule has 2 aromatic carbocycles. The number of benzene rings is 2. The Morgan fingerprint density at radius 2 is 1.66 bits per heavy atom. The topological polar surface area (TPSA) is 82.0 Å². The number of carbonyl (C=O) groups is 2. The molecule has 1 saturated carbocycles. The summed E-state index contributed by atoms with van der Waals surface area (Å²) in [4.78, 5) is 24.8. The maximum Gasteiger partial charge on any atom is 0.412 e. The van der Waals surface area contributed by atoms with E-state index in [-0.39, 0.29) is 11.3 Å². The number of nitriles is 1. The molecule has 2 N–H and O–H groups in total. The Morgan fingerprint density at radius 1 is 1.06 bits per heavy atom. The molecule has 0 unspecified atom stereocenters. The number of amides is 1. The average molecular weight is 490 g/mol. The Morgan fingerprint density at radius 3 is 2.14 bits per heavy atom. The summed E-state index contributed by atoms with van der Waals surface area (Å²) in [5, 5.41) is 14.1. The molecule has 0 bridgehead atoms. The molecule has 0 radical (unpaired) electrons. The summed E-state index contributed by atoms with van der Waals surface area (Å²) in [5.74, 6) is -1.21. The first-order valence-electron chi connectivity index (χ1n) is 11.2. The van der Waals surface area contributed by atoms with Gasteiger partial charge in [-0.1, -0.05) is 48.5 Å². The van der Waals surface area contributed by atoms with Gasteiger partial charge in [0.1, 0.15) is 11.2 Å². The quantitative estimate of drug-likeness (QED) is 0.364. The summed E-state index contributed by atoms with van der Waals surface area (Å²) in [6.07, 6.45) is -4.35. The molecular weight excluding hydrogens is 462 g/mol. The standard InChI is InChI=1S/C26H27F4N3O2/c1-16(34)19-6-4-5-7-20(19)17-8-10-18(11-9-17)22(26(28,29)30)32-23(35)21(14-24(2,3)27)33-25(15-31)12-13-25/h4-11,21-22,33H,12-14H2,1-3H3,(H,32,35)/t21-,22-/m0/s1. The number of rotatable bonds is 9. The molecule has 0 aliphatic heterocycles. The highest BCUT2D eigenvalue weighted by molar-refractivity contribution is 6.00. The lowest BCUT2D eigenvalue weighted by atomic mass is 9.95. The van der Waals surface area contributed by atoms with E-state index >= 15 is 0 Å². The summed E-state index contributed by atoms with van der Waals surface area (Å²) in [6.45, 7) is 3.85. The molecule has 1 amide bonds. The summed E-state index contributed by atoms with van der Waals surface area (Å²) in [5.41, 5.74) is -1.51. The second kappa shape index (κ2) is 9.78. The lowest BCUT2D eigenvalue weighted by molar-refractivity contribution is -0.164. The first-order valence-corrected chi connectivity index (χ1v) is 11.2. The van der Waals surface area contributed by atoms with E-state index in [4.69, 9.17) is 0 Å². The first-order chi connectivity index (χ1) is 16.2. The summed E-state index contributed by atoms with van der Waals surface area (Å²) < 4.78 is 56.3. The van der Waals surface area contributed by atoms with Gasteiger partial charge in [0.2, 0.25) is 5.91 Å². The first kappa shape index (κ1) is 26.4. The Balaban J connectivity index is 1.87. The fraction of sp³-hybridized carbons (Fsp3) is 0.423. The van der Waals surface area contributed by atoms with Gasteiger partial charge in [0.15, 0.2) is 11.8 Å². The average Bonchev–Trinajstić information content (AvgIpc) is 3.55. The zero-order valence-corrected chi connectivity index (χ0v) is 19.7. The minimum Gasteiger partial charge on any atom is -0.339 e. The van der Waals surface area contributed by atoms with E-state index in [2.05, 4.69) is 5.32 Å². The third kappa shape index (κ3) is 6.67. The van der Waals surface area contributed by atoms with Crippen LogP contribution in [0.3, 0.4) is 0 Å². The molecule has 9 heteroatoms. The highest BCUT2D eigenvalue weighted by Gasteiger charge is 2.48. The highest BCUT2D eigenvalue weighted by atomic mass is 19.4. The smallest absolute Gasteiger partial charge is 0.339 e. The molecular formula is C26H27F4N3O2. The lowest BCUT2D eigenvalue weighted by Crippen LogP contribution is -2.53. The third-order valence-corrected chi connectivity index (χ3v) is 5.90. The van der Waals surface area contributed by atoms with Crippen molar-refractivity contribution in [3.05, 3.63) is 59.7 Å². The van der Waals surface area contributed by atoms with Crippen LogP contribution in [0.15, 0.2) is 48.5 Å². The number of ketones is 1. The number of Topliss-reactive ketones (excluding diaryl/α,β-unsaturated/α-hetero) is 1. The number of nitrogens with zero attached hydrogens (tertiary/aromatic N) is 1. The van der Waals surface area contributed by atoms with Gasteiger partial charge in [0, 0.05) is 12.0 Å². The molecule has 1 fully saturated rings. The number of carbonyl (C=O) groups excluding carboxylic acids is 2. The van der Waals surface area contributed by atoms with Crippen LogP contribution in [0.4, 0.5) is 17.6 Å². The Labute approximate surface area is 201 Å². The number of halogens is 4. The number of hydrogen-bond donors (Lipinski definition) is 2. The number of hydrogen-bond acceptors (Lipinski definition) is 4. The van der Waals surface area contributed by atoms with Crippen LogP contribution < -0.4 is 10.6 Å². The lowest BCUT2D eigenvalue weighted by Gasteiger charge is -2.29. The Kier molecular flexibility index (Phi) is 7.37. The number of alkyl halides is 4. The molecule has 1 aliphatic rings. The highest BCUT2D eigenvalue weighted by Crippen LogP contribution is 2.37. The van der Waals surface area contributed by atoms with Crippen LogP contribution in [0.25, 0.3) is 11.1 Å². The van der Waals surface area contributed by atoms with Gasteiger partial charge in [-0.25, -0.2) is 4.39 Å². The molecule has 0 aromatic heterocycles. The van der Waals surface area contributed by atoms with Crippen LogP contribution in [-0.4, -0.2) is 35.1 Å². The minimum atomic E-state index is -4.82. The molecule has 2 aromatic rings. The minimum absolute atomic E-state index is 0.176. The monoisotopic (exact) mass is 489 g/mol. The summed E-state index contributed by atoms with van der Waals surface area (Å²) in [6, 6.07) is 10.5. The van der Waals surface area contributed by atoms with Crippen LogP contribution in [0, 0.1) is 11.3 Å². The zero-order chi connectivity index (χ0) is 26.0. The van der Waals surface area contributed by atoms with Gasteiger partial charge in [-0.3, -0.25) is 14.9 Å².